The van der Waals surface area contributed by atoms with Crippen molar-refractivity contribution < 1.29 is 4.79 Å². The zero-order valence-corrected chi connectivity index (χ0v) is 18.9. The average Bonchev–Trinajstić information content (AvgIpc) is 3.30. The van der Waals surface area contributed by atoms with Gasteiger partial charge in [0.05, 0.1) is 11.3 Å². The van der Waals surface area contributed by atoms with E-state index in [-0.39, 0.29) is 11.7 Å². The highest BCUT2D eigenvalue weighted by molar-refractivity contribution is 8.01. The van der Waals surface area contributed by atoms with Crippen molar-refractivity contribution in [1.82, 2.24) is 14.8 Å². The highest BCUT2D eigenvalue weighted by atomic mass is 32.2. The van der Waals surface area contributed by atoms with Gasteiger partial charge in [0.2, 0.25) is 11.0 Å². The first-order valence-electron chi connectivity index (χ1n) is 9.72. The number of carbonyl (C=O) groups excluding carboxylic acids is 1. The highest BCUT2D eigenvalue weighted by Crippen LogP contribution is 2.31. The van der Waals surface area contributed by atoms with Gasteiger partial charge in [-0.1, -0.05) is 54.6 Å². The predicted octanol–water partition coefficient (Wildman–Crippen LogP) is 4.76. The van der Waals surface area contributed by atoms with Crippen molar-refractivity contribution in [3.05, 3.63) is 47.2 Å². The number of para-hydroxylation sites is 1. The van der Waals surface area contributed by atoms with Gasteiger partial charge in [-0.05, 0) is 38.0 Å². The molecule has 3 rings (SSSR count). The fourth-order valence-corrected chi connectivity index (χ4v) is 4.55. The largest absolute Gasteiger partial charge is 0.360 e. The van der Waals surface area contributed by atoms with E-state index in [0.29, 0.717) is 11.4 Å². The molecule has 1 aromatic carbocycles. The van der Waals surface area contributed by atoms with Crippen LogP contribution < -0.4 is 10.6 Å². The van der Waals surface area contributed by atoms with Crippen LogP contribution in [0, 0.1) is 25.2 Å². The molecular formula is C21H24N6OS2. The molecule has 0 atom stereocenters. The van der Waals surface area contributed by atoms with E-state index in [2.05, 4.69) is 33.8 Å². The lowest BCUT2D eigenvalue weighted by molar-refractivity contribution is -0.113. The summed E-state index contributed by atoms with van der Waals surface area (Å²) >= 11 is 2.77. The molecule has 3 aromatic rings. The lowest BCUT2D eigenvalue weighted by atomic mass is 10.2. The molecule has 0 unspecified atom stereocenters. The van der Waals surface area contributed by atoms with Crippen LogP contribution in [0.4, 0.5) is 10.9 Å². The standard InChI is InChI=1S/C21H24N6OS2/c1-4-5-11-23-20-25-26-21(30-20)29-13-18(28)24-19-17(12-22)14(2)15(3)27(19)16-9-7-6-8-10-16/h6-10H,4-5,11,13H2,1-3H3,(H,23,25)(H,24,28). The topological polar surface area (TPSA) is 95.6 Å². The minimum Gasteiger partial charge on any atom is -0.360 e. The van der Waals surface area contributed by atoms with Gasteiger partial charge in [-0.15, -0.1) is 10.2 Å². The fourth-order valence-electron chi connectivity index (χ4n) is 2.97. The van der Waals surface area contributed by atoms with E-state index in [4.69, 9.17) is 0 Å². The second-order valence-corrected chi connectivity index (χ2v) is 8.91. The van der Waals surface area contributed by atoms with Gasteiger partial charge in [0, 0.05) is 17.9 Å². The van der Waals surface area contributed by atoms with Crippen molar-refractivity contribution in [2.45, 2.75) is 38.0 Å². The van der Waals surface area contributed by atoms with Gasteiger partial charge in [-0.25, -0.2) is 0 Å². The van der Waals surface area contributed by atoms with E-state index >= 15 is 0 Å². The lowest BCUT2D eigenvalue weighted by Crippen LogP contribution is -2.17. The van der Waals surface area contributed by atoms with E-state index in [0.717, 1.165) is 45.8 Å². The smallest absolute Gasteiger partial charge is 0.235 e. The number of unbranched alkanes of at least 4 members (excludes halogenated alkanes) is 1. The van der Waals surface area contributed by atoms with Gasteiger partial charge in [-0.3, -0.25) is 9.36 Å². The van der Waals surface area contributed by atoms with Crippen molar-refractivity contribution in [2.75, 3.05) is 22.9 Å². The summed E-state index contributed by atoms with van der Waals surface area (Å²) < 4.78 is 2.65. The summed E-state index contributed by atoms with van der Waals surface area (Å²) in [5.41, 5.74) is 3.16. The molecule has 0 aliphatic heterocycles. The molecule has 0 saturated carbocycles. The summed E-state index contributed by atoms with van der Waals surface area (Å²) in [5, 5.41) is 24.8. The molecule has 2 heterocycles. The molecule has 9 heteroatoms. The summed E-state index contributed by atoms with van der Waals surface area (Å²) in [5.74, 6) is 0.498. The van der Waals surface area contributed by atoms with Gasteiger partial charge in [0.25, 0.3) is 0 Å². The monoisotopic (exact) mass is 440 g/mol. The van der Waals surface area contributed by atoms with E-state index in [1.54, 1.807) is 0 Å². The number of hydrogen-bond acceptors (Lipinski definition) is 7. The SMILES string of the molecule is CCCCNc1nnc(SCC(=O)Nc2c(C#N)c(C)c(C)n2-c2ccccc2)s1. The van der Waals surface area contributed by atoms with E-state index < -0.39 is 0 Å². The Kier molecular flexibility index (Phi) is 7.49. The fraction of sp³-hybridized carbons (Fsp3) is 0.333. The maximum absolute atomic E-state index is 12.7. The number of nitriles is 1. The van der Waals surface area contributed by atoms with Crippen LogP contribution in [0.1, 0.15) is 36.6 Å². The van der Waals surface area contributed by atoms with Gasteiger partial charge in [-0.2, -0.15) is 5.26 Å². The summed E-state index contributed by atoms with van der Waals surface area (Å²) in [4.78, 5) is 12.7. The first kappa shape index (κ1) is 21.9. The van der Waals surface area contributed by atoms with Crippen LogP contribution in [0.15, 0.2) is 34.7 Å². The first-order chi connectivity index (χ1) is 14.5. The summed E-state index contributed by atoms with van der Waals surface area (Å²) in [6.45, 7) is 6.84. The quantitative estimate of drug-likeness (QED) is 0.368. The van der Waals surface area contributed by atoms with E-state index in [1.807, 2.05) is 48.7 Å². The molecule has 0 saturated heterocycles. The Bertz CT molecular complexity index is 1050. The van der Waals surface area contributed by atoms with Crippen LogP contribution in [0.3, 0.4) is 0 Å². The molecular weight excluding hydrogens is 416 g/mol. The number of anilines is 2. The molecule has 0 radical (unpaired) electrons. The van der Waals surface area contributed by atoms with Crippen LogP contribution in [0.2, 0.25) is 0 Å². The number of carbonyl (C=O) groups is 1. The van der Waals surface area contributed by atoms with Crippen molar-refractivity contribution in [1.29, 1.82) is 5.26 Å². The molecule has 0 aliphatic carbocycles. The van der Waals surface area contributed by atoms with Crippen LogP contribution in [0.5, 0.6) is 0 Å². The minimum atomic E-state index is -0.193. The molecule has 156 valence electrons. The Hall–Kier alpha value is -2.83. The molecule has 0 fully saturated rings. The maximum Gasteiger partial charge on any atom is 0.235 e. The summed E-state index contributed by atoms with van der Waals surface area (Å²) in [6.07, 6.45) is 2.19. The number of nitrogens with zero attached hydrogens (tertiary/aromatic N) is 4. The van der Waals surface area contributed by atoms with Gasteiger partial charge < -0.3 is 10.6 Å². The third-order valence-corrected chi connectivity index (χ3v) is 6.65. The minimum absolute atomic E-state index is 0.187. The number of amides is 1. The normalized spacial score (nSPS) is 10.6. The number of thioether (sulfide) groups is 1. The Morgan fingerprint density at radius 2 is 2.03 bits per heavy atom. The Morgan fingerprint density at radius 1 is 1.27 bits per heavy atom. The third kappa shape index (κ3) is 5.01. The van der Waals surface area contributed by atoms with Gasteiger partial charge in [0.1, 0.15) is 11.9 Å². The number of hydrogen-bond donors (Lipinski definition) is 2. The summed E-state index contributed by atoms with van der Waals surface area (Å²) in [6, 6.07) is 11.9. The molecule has 2 N–H and O–H groups in total. The predicted molar refractivity (Wildman–Crippen MR) is 123 cm³/mol. The van der Waals surface area contributed by atoms with Crippen molar-refractivity contribution >= 4 is 40.0 Å². The highest BCUT2D eigenvalue weighted by Gasteiger charge is 2.21. The molecule has 30 heavy (non-hydrogen) atoms. The molecule has 7 nitrogen and oxygen atoms in total. The van der Waals surface area contributed by atoms with Crippen LogP contribution in [0.25, 0.3) is 5.69 Å². The van der Waals surface area contributed by atoms with Gasteiger partial charge in [0.15, 0.2) is 4.34 Å². The second-order valence-electron chi connectivity index (χ2n) is 6.71. The van der Waals surface area contributed by atoms with Crippen LogP contribution in [-0.4, -0.2) is 33.0 Å². The van der Waals surface area contributed by atoms with Crippen molar-refractivity contribution in [3.8, 4) is 11.8 Å². The zero-order chi connectivity index (χ0) is 21.5. The molecule has 2 aromatic heterocycles. The number of aromatic nitrogens is 3. The first-order valence-corrected chi connectivity index (χ1v) is 11.5. The zero-order valence-electron chi connectivity index (χ0n) is 17.2. The number of rotatable bonds is 9. The molecule has 1 amide bonds. The average molecular weight is 441 g/mol. The van der Waals surface area contributed by atoms with Crippen LogP contribution >= 0.6 is 23.1 Å². The number of nitrogens with one attached hydrogen (secondary N) is 2. The molecule has 0 spiro atoms. The van der Waals surface area contributed by atoms with Crippen molar-refractivity contribution in [3.63, 3.8) is 0 Å². The van der Waals surface area contributed by atoms with E-state index in [9.17, 15) is 10.1 Å². The van der Waals surface area contributed by atoms with E-state index in [1.165, 1.54) is 23.1 Å². The number of benzene rings is 1. The van der Waals surface area contributed by atoms with Crippen LogP contribution in [-0.2, 0) is 4.79 Å². The van der Waals surface area contributed by atoms with Gasteiger partial charge >= 0.3 is 0 Å². The van der Waals surface area contributed by atoms with Crippen molar-refractivity contribution in [2.24, 2.45) is 0 Å². The molecule has 0 aliphatic rings. The second kappa shape index (κ2) is 10.3. The lowest BCUT2D eigenvalue weighted by Gasteiger charge is -2.13. The summed E-state index contributed by atoms with van der Waals surface area (Å²) in [7, 11) is 0. The molecule has 0 bridgehead atoms. The Morgan fingerprint density at radius 3 is 2.73 bits per heavy atom. The Labute approximate surface area is 184 Å². The third-order valence-electron chi connectivity index (χ3n) is 4.64. The Balaban J connectivity index is 1.71. The maximum atomic E-state index is 12.7.